The highest BCUT2D eigenvalue weighted by atomic mass is 35.5. The Hall–Kier alpha value is -3.55. The molecule has 4 N–H and O–H groups in total. The molecule has 3 aromatic rings. The molecule has 2 heterocycles. The van der Waals surface area contributed by atoms with Gasteiger partial charge in [-0.3, -0.25) is 9.36 Å². The number of nitrogens with two attached hydrogens (primary N) is 1. The number of anilines is 1. The summed E-state index contributed by atoms with van der Waals surface area (Å²) in [5, 5.41) is 11.8. The van der Waals surface area contributed by atoms with Gasteiger partial charge in [0.05, 0.1) is 17.6 Å². The van der Waals surface area contributed by atoms with Crippen LogP contribution in [0.15, 0.2) is 54.7 Å². The number of Topliss-reactive ketones (excluding diaryl/α,β-unsaturated/α-hetero) is 1. The molecule has 0 saturated heterocycles. The number of aromatic nitrogens is 2. The Balaban J connectivity index is 1.58. The van der Waals surface area contributed by atoms with Gasteiger partial charge in [-0.15, -0.1) is 0 Å². The van der Waals surface area contributed by atoms with Crippen LogP contribution in [0.2, 0.25) is 5.02 Å². The maximum Gasteiger partial charge on any atom is 0.168 e. The van der Waals surface area contributed by atoms with Gasteiger partial charge in [0.15, 0.2) is 11.6 Å². The zero-order chi connectivity index (χ0) is 25.7. The van der Waals surface area contributed by atoms with Crippen molar-refractivity contribution in [2.24, 2.45) is 5.73 Å². The number of carbonyl (C=O) groups excluding carboxylic acids is 1. The lowest BCUT2D eigenvalue weighted by Gasteiger charge is -2.15. The Kier molecular flexibility index (Phi) is 8.13. The van der Waals surface area contributed by atoms with E-state index in [-0.39, 0.29) is 12.2 Å². The molecular weight excluding hydrogens is 477 g/mol. The van der Waals surface area contributed by atoms with Crippen LogP contribution < -0.4 is 11.1 Å². The van der Waals surface area contributed by atoms with Crippen molar-refractivity contribution in [1.29, 1.82) is 5.41 Å². The molecule has 0 bridgehead atoms. The fourth-order valence-electron chi connectivity index (χ4n) is 4.24. The van der Waals surface area contributed by atoms with Gasteiger partial charge in [0.1, 0.15) is 5.82 Å². The minimum atomic E-state index is -0.412. The summed E-state index contributed by atoms with van der Waals surface area (Å²) in [6.07, 6.45) is 10.3. The van der Waals surface area contributed by atoms with Gasteiger partial charge in [-0.2, -0.15) is 0 Å². The van der Waals surface area contributed by atoms with Crippen LogP contribution in [0.5, 0.6) is 0 Å². The number of rotatable bonds is 10. The van der Waals surface area contributed by atoms with Crippen molar-refractivity contribution < 1.29 is 9.18 Å². The number of hydrogen-bond donors (Lipinski definition) is 3. The standard InChI is InChI=1S/C28H29ClFN5O/c1-2-18-14-21(9-11-22(18)27(36)16-20(32)6-5-12-31)34-25-7-3-4-13-35-26(17-33-28(25)35)23-10-8-19(29)15-24(23)30/h4,7-11,13-15,17,32,34H,2-3,5-6,12,16,31H2,1H3. The summed E-state index contributed by atoms with van der Waals surface area (Å²) in [6.45, 7) is 2.51. The second kappa shape index (κ2) is 11.5. The third kappa shape index (κ3) is 5.64. The molecule has 2 aromatic carbocycles. The van der Waals surface area contributed by atoms with E-state index in [1.165, 1.54) is 6.07 Å². The van der Waals surface area contributed by atoms with Crippen LogP contribution >= 0.6 is 11.6 Å². The summed E-state index contributed by atoms with van der Waals surface area (Å²) in [5.41, 5.74) is 10.1. The average molecular weight is 506 g/mol. The molecular formula is C28H29ClFN5O. The SMILES string of the molecule is CCc1cc(NC2=CCC=Cn3c(-c4ccc(Cl)cc4F)cnc32)ccc1C(=O)CC(=N)CCCN. The fourth-order valence-corrected chi connectivity index (χ4v) is 4.40. The number of allylic oxidation sites excluding steroid dienone is 2. The maximum atomic E-state index is 14.6. The van der Waals surface area contributed by atoms with Crippen LogP contribution in [-0.4, -0.2) is 27.6 Å². The van der Waals surface area contributed by atoms with Gasteiger partial charge in [0.25, 0.3) is 0 Å². The normalized spacial score (nSPS) is 12.6. The molecule has 0 saturated carbocycles. The molecule has 8 heteroatoms. The van der Waals surface area contributed by atoms with E-state index >= 15 is 0 Å². The molecule has 0 atom stereocenters. The molecule has 1 aromatic heterocycles. The third-order valence-electron chi connectivity index (χ3n) is 6.08. The maximum absolute atomic E-state index is 14.6. The number of ketones is 1. The van der Waals surface area contributed by atoms with E-state index in [9.17, 15) is 9.18 Å². The third-order valence-corrected chi connectivity index (χ3v) is 6.31. The Bertz CT molecular complexity index is 1360. The van der Waals surface area contributed by atoms with E-state index < -0.39 is 5.82 Å². The van der Waals surface area contributed by atoms with Gasteiger partial charge in [-0.1, -0.05) is 30.7 Å². The lowest BCUT2D eigenvalue weighted by molar-refractivity contribution is 0.0999. The number of halogens is 2. The van der Waals surface area contributed by atoms with E-state index in [2.05, 4.69) is 10.3 Å². The molecule has 0 radical (unpaired) electrons. The molecule has 0 unspecified atom stereocenters. The minimum absolute atomic E-state index is 0.0523. The lowest BCUT2D eigenvalue weighted by atomic mass is 9.96. The zero-order valence-electron chi connectivity index (χ0n) is 20.2. The van der Waals surface area contributed by atoms with E-state index in [0.29, 0.717) is 65.6 Å². The number of nitrogens with one attached hydrogen (secondary N) is 2. The highest BCUT2D eigenvalue weighted by molar-refractivity contribution is 6.30. The van der Waals surface area contributed by atoms with Crippen molar-refractivity contribution in [2.75, 3.05) is 11.9 Å². The zero-order valence-corrected chi connectivity index (χ0v) is 20.9. The van der Waals surface area contributed by atoms with Crippen LogP contribution in [0.1, 0.15) is 54.4 Å². The van der Waals surface area contributed by atoms with Crippen LogP contribution in [0.3, 0.4) is 0 Å². The molecule has 1 aliphatic heterocycles. The van der Waals surface area contributed by atoms with E-state index in [1.54, 1.807) is 18.3 Å². The first-order valence-corrected chi connectivity index (χ1v) is 12.4. The number of fused-ring (bicyclic) bond motifs is 1. The topological polar surface area (TPSA) is 96.8 Å². The summed E-state index contributed by atoms with van der Waals surface area (Å²) in [7, 11) is 0. The molecule has 0 fully saturated rings. The number of carbonyl (C=O) groups is 1. The minimum Gasteiger partial charge on any atom is -0.353 e. The van der Waals surface area contributed by atoms with E-state index in [4.69, 9.17) is 22.7 Å². The second-order valence-electron chi connectivity index (χ2n) is 8.65. The van der Waals surface area contributed by atoms with Crippen molar-refractivity contribution >= 4 is 40.7 Å². The van der Waals surface area contributed by atoms with Gasteiger partial charge < -0.3 is 16.5 Å². The highest BCUT2D eigenvalue weighted by Crippen LogP contribution is 2.31. The summed E-state index contributed by atoms with van der Waals surface area (Å²) < 4.78 is 16.5. The molecule has 4 rings (SSSR count). The van der Waals surface area contributed by atoms with Crippen molar-refractivity contribution in [3.8, 4) is 11.3 Å². The second-order valence-corrected chi connectivity index (χ2v) is 9.08. The first-order valence-electron chi connectivity index (χ1n) is 12.0. The molecule has 1 aliphatic rings. The smallest absolute Gasteiger partial charge is 0.168 e. The van der Waals surface area contributed by atoms with Crippen LogP contribution in [-0.2, 0) is 6.42 Å². The lowest BCUT2D eigenvalue weighted by Crippen LogP contribution is -2.12. The quantitative estimate of drug-likeness (QED) is 0.214. The van der Waals surface area contributed by atoms with Crippen molar-refractivity contribution in [2.45, 2.75) is 39.0 Å². The summed E-state index contributed by atoms with van der Waals surface area (Å²) >= 11 is 5.93. The van der Waals surface area contributed by atoms with Crippen LogP contribution in [0.4, 0.5) is 10.1 Å². The first-order chi connectivity index (χ1) is 17.4. The molecule has 6 nitrogen and oxygen atoms in total. The van der Waals surface area contributed by atoms with E-state index in [1.807, 2.05) is 48.0 Å². The molecule has 36 heavy (non-hydrogen) atoms. The number of aryl methyl sites for hydroxylation is 1. The van der Waals surface area contributed by atoms with Gasteiger partial charge in [-0.05, 0) is 74.2 Å². The predicted octanol–water partition coefficient (Wildman–Crippen LogP) is 6.56. The van der Waals surface area contributed by atoms with Crippen LogP contribution in [0.25, 0.3) is 23.2 Å². The highest BCUT2D eigenvalue weighted by Gasteiger charge is 2.19. The Labute approximate surface area is 215 Å². The summed E-state index contributed by atoms with van der Waals surface area (Å²) in [6, 6.07) is 10.2. The number of nitrogens with zero attached hydrogens (tertiary/aromatic N) is 2. The predicted molar refractivity (Wildman–Crippen MR) is 145 cm³/mol. The largest absolute Gasteiger partial charge is 0.353 e. The molecule has 0 spiro atoms. The van der Waals surface area contributed by atoms with Crippen molar-refractivity contribution in [3.63, 3.8) is 0 Å². The number of benzene rings is 2. The van der Waals surface area contributed by atoms with Gasteiger partial charge in [0, 0.05) is 40.2 Å². The number of hydrogen-bond acceptors (Lipinski definition) is 5. The Morgan fingerprint density at radius 2 is 2.11 bits per heavy atom. The molecule has 186 valence electrons. The Morgan fingerprint density at radius 3 is 2.86 bits per heavy atom. The summed E-state index contributed by atoms with van der Waals surface area (Å²) in [5.74, 6) is 0.188. The van der Waals surface area contributed by atoms with Crippen LogP contribution in [0, 0.1) is 11.2 Å². The fraction of sp³-hybridized carbons (Fsp3) is 0.250. The Morgan fingerprint density at radius 1 is 1.28 bits per heavy atom. The van der Waals surface area contributed by atoms with Gasteiger partial charge in [0.2, 0.25) is 0 Å². The van der Waals surface area contributed by atoms with E-state index in [0.717, 1.165) is 16.9 Å². The average Bonchev–Trinajstić information content (AvgIpc) is 3.17. The van der Waals surface area contributed by atoms with Gasteiger partial charge in [-0.25, -0.2) is 9.37 Å². The van der Waals surface area contributed by atoms with Gasteiger partial charge >= 0.3 is 0 Å². The van der Waals surface area contributed by atoms with Crippen molar-refractivity contribution in [1.82, 2.24) is 9.55 Å². The number of imidazole rings is 1. The first kappa shape index (κ1) is 25.5. The monoisotopic (exact) mass is 505 g/mol. The summed E-state index contributed by atoms with van der Waals surface area (Å²) in [4.78, 5) is 17.4. The molecule has 0 amide bonds. The molecule has 0 aliphatic carbocycles. The van der Waals surface area contributed by atoms with Crippen molar-refractivity contribution in [3.05, 3.63) is 82.5 Å².